The largest absolute Gasteiger partial charge is 0.460 e. The summed E-state index contributed by atoms with van der Waals surface area (Å²) in [7, 11) is 0. The molecule has 0 aliphatic heterocycles. The van der Waals surface area contributed by atoms with Gasteiger partial charge in [-0.2, -0.15) is 5.10 Å². The van der Waals surface area contributed by atoms with Crippen molar-refractivity contribution in [3.05, 3.63) is 69.5 Å². The second-order valence-electron chi connectivity index (χ2n) is 8.58. The van der Waals surface area contributed by atoms with Crippen LogP contribution in [0, 0.1) is 6.92 Å². The van der Waals surface area contributed by atoms with Crippen LogP contribution >= 0.6 is 0 Å². The molecule has 0 unspecified atom stereocenters. The van der Waals surface area contributed by atoms with Crippen LogP contribution in [0.4, 0.5) is 0 Å². The van der Waals surface area contributed by atoms with E-state index in [0.717, 1.165) is 36.4 Å². The lowest BCUT2D eigenvalue weighted by molar-refractivity contribution is -0.122. The van der Waals surface area contributed by atoms with Gasteiger partial charge in [0.1, 0.15) is 17.1 Å². The maximum Gasteiger partial charge on any atom is 0.291 e. The fourth-order valence-electron chi connectivity index (χ4n) is 4.85. The van der Waals surface area contributed by atoms with Crippen molar-refractivity contribution in [1.82, 2.24) is 19.5 Å². The molecule has 4 aromatic rings. The molecule has 166 valence electrons. The number of aryl methyl sites for hydroxylation is 4. The maximum absolute atomic E-state index is 13.0. The molecule has 0 radical (unpaired) electrons. The van der Waals surface area contributed by atoms with Crippen LogP contribution in [0.15, 0.2) is 45.6 Å². The van der Waals surface area contributed by atoms with Crippen LogP contribution in [0.3, 0.4) is 0 Å². The normalized spacial score (nSPS) is 15.9. The van der Waals surface area contributed by atoms with Crippen molar-refractivity contribution < 1.29 is 9.21 Å². The molecule has 7 nitrogen and oxygen atoms in total. The third-order valence-corrected chi connectivity index (χ3v) is 6.36. The van der Waals surface area contributed by atoms with Crippen LogP contribution in [0.25, 0.3) is 16.6 Å². The molecule has 1 amide bonds. The van der Waals surface area contributed by atoms with Gasteiger partial charge >= 0.3 is 0 Å². The van der Waals surface area contributed by atoms with Gasteiger partial charge in [0, 0.05) is 31.5 Å². The van der Waals surface area contributed by atoms with Gasteiger partial charge in [0.05, 0.1) is 11.6 Å². The van der Waals surface area contributed by atoms with Crippen molar-refractivity contribution in [2.24, 2.45) is 0 Å². The van der Waals surface area contributed by atoms with Crippen molar-refractivity contribution in [1.29, 1.82) is 0 Å². The fourth-order valence-corrected chi connectivity index (χ4v) is 4.85. The molecule has 0 spiro atoms. The summed E-state index contributed by atoms with van der Waals surface area (Å²) in [5.41, 5.74) is 4.53. The Morgan fingerprint density at radius 2 is 2.09 bits per heavy atom. The number of hydrogen-bond acceptors (Lipinski definition) is 4. The first-order valence-electron chi connectivity index (χ1n) is 11.4. The molecule has 0 fully saturated rings. The van der Waals surface area contributed by atoms with E-state index < -0.39 is 0 Å². The number of furan rings is 1. The number of amides is 1. The Bertz CT molecular complexity index is 1360. The van der Waals surface area contributed by atoms with Crippen molar-refractivity contribution in [2.45, 2.75) is 65.0 Å². The van der Waals surface area contributed by atoms with Gasteiger partial charge < -0.3 is 9.73 Å². The summed E-state index contributed by atoms with van der Waals surface area (Å²) < 4.78 is 9.08. The summed E-state index contributed by atoms with van der Waals surface area (Å²) in [4.78, 5) is 25.6. The van der Waals surface area contributed by atoms with Gasteiger partial charge in [-0.25, -0.2) is 4.68 Å². The zero-order valence-electron chi connectivity index (χ0n) is 18.6. The smallest absolute Gasteiger partial charge is 0.291 e. The summed E-state index contributed by atoms with van der Waals surface area (Å²) >= 11 is 0. The second kappa shape index (κ2) is 8.30. The lowest BCUT2D eigenvalue weighted by atomic mass is 9.87. The molecule has 1 atom stereocenters. The molecule has 0 saturated carbocycles. The molecule has 1 aliphatic carbocycles. The van der Waals surface area contributed by atoms with Gasteiger partial charge in [-0.05, 0) is 43.7 Å². The Hall–Kier alpha value is -3.35. The quantitative estimate of drug-likeness (QED) is 0.498. The minimum absolute atomic E-state index is 0.0206. The van der Waals surface area contributed by atoms with Crippen molar-refractivity contribution >= 4 is 22.5 Å². The number of fused-ring (bicyclic) bond motifs is 4. The molecular formula is C25H28N4O3. The van der Waals surface area contributed by atoms with Gasteiger partial charge in [-0.3, -0.25) is 14.0 Å². The predicted molar refractivity (Wildman–Crippen MR) is 123 cm³/mol. The van der Waals surface area contributed by atoms with E-state index in [0.29, 0.717) is 36.9 Å². The van der Waals surface area contributed by atoms with E-state index in [4.69, 9.17) is 4.42 Å². The zero-order valence-corrected chi connectivity index (χ0v) is 18.6. The topological polar surface area (TPSA) is 81.5 Å². The van der Waals surface area contributed by atoms with Crippen LogP contribution in [0.2, 0.25) is 0 Å². The lowest BCUT2D eigenvalue weighted by Crippen LogP contribution is -2.31. The number of benzene rings is 1. The molecule has 1 aromatic carbocycles. The van der Waals surface area contributed by atoms with Gasteiger partial charge in [-0.15, -0.1) is 0 Å². The summed E-state index contributed by atoms with van der Waals surface area (Å²) in [6.45, 7) is 4.32. The van der Waals surface area contributed by atoms with Gasteiger partial charge in [-0.1, -0.05) is 31.2 Å². The van der Waals surface area contributed by atoms with E-state index in [1.54, 1.807) is 6.07 Å². The number of aromatic nitrogens is 3. The number of carbonyl (C=O) groups excluding carboxylic acids is 1. The summed E-state index contributed by atoms with van der Waals surface area (Å²) in [5.74, 6) is 1.63. The first-order chi connectivity index (χ1) is 15.5. The number of nitrogens with zero attached hydrogens (tertiary/aromatic N) is 3. The van der Waals surface area contributed by atoms with E-state index in [2.05, 4.69) is 28.6 Å². The van der Waals surface area contributed by atoms with E-state index in [1.165, 1.54) is 15.8 Å². The monoisotopic (exact) mass is 432 g/mol. The van der Waals surface area contributed by atoms with E-state index in [9.17, 15) is 9.59 Å². The lowest BCUT2D eigenvalue weighted by Gasteiger charge is -2.26. The number of rotatable bonds is 6. The molecule has 3 aromatic heterocycles. The van der Waals surface area contributed by atoms with E-state index >= 15 is 0 Å². The molecule has 1 N–H and O–H groups in total. The van der Waals surface area contributed by atoms with Gasteiger partial charge in [0.25, 0.3) is 5.56 Å². The molecule has 7 heteroatoms. The zero-order chi connectivity index (χ0) is 22.2. The summed E-state index contributed by atoms with van der Waals surface area (Å²) in [6, 6.07) is 12.1. The van der Waals surface area contributed by atoms with Crippen molar-refractivity contribution in [3.8, 4) is 0 Å². The Balaban J connectivity index is 1.29. The highest BCUT2D eigenvalue weighted by molar-refractivity contribution is 5.83. The highest BCUT2D eigenvalue weighted by Gasteiger charge is 2.21. The second-order valence-corrected chi connectivity index (χ2v) is 8.58. The highest BCUT2D eigenvalue weighted by Crippen LogP contribution is 2.29. The Labute approximate surface area is 186 Å². The van der Waals surface area contributed by atoms with Crippen molar-refractivity contribution in [2.75, 3.05) is 0 Å². The fraction of sp³-hybridized carbons (Fsp3) is 0.400. The Morgan fingerprint density at radius 3 is 2.94 bits per heavy atom. The number of nitrogens with one attached hydrogen (secondary N) is 1. The SMILES string of the molecule is CCc1nn(CCCC(=O)N[C@H]2CCCc3ccccc32)c(=O)c2cc3oc(C)cc3n12. The van der Waals surface area contributed by atoms with Crippen LogP contribution in [-0.4, -0.2) is 20.1 Å². The van der Waals surface area contributed by atoms with Crippen LogP contribution < -0.4 is 10.9 Å². The summed E-state index contributed by atoms with van der Waals surface area (Å²) in [5, 5.41) is 7.77. The highest BCUT2D eigenvalue weighted by atomic mass is 16.3. The van der Waals surface area contributed by atoms with Crippen molar-refractivity contribution in [3.63, 3.8) is 0 Å². The first kappa shape index (κ1) is 20.5. The van der Waals surface area contributed by atoms with Gasteiger partial charge in [0.15, 0.2) is 5.58 Å². The predicted octanol–water partition coefficient (Wildman–Crippen LogP) is 4.09. The molecular weight excluding hydrogens is 404 g/mol. The molecule has 0 bridgehead atoms. The molecule has 0 saturated heterocycles. The van der Waals surface area contributed by atoms with Crippen LogP contribution in [0.5, 0.6) is 0 Å². The molecule has 3 heterocycles. The summed E-state index contributed by atoms with van der Waals surface area (Å²) in [6.07, 6.45) is 4.73. The van der Waals surface area contributed by atoms with E-state index in [-0.39, 0.29) is 17.5 Å². The van der Waals surface area contributed by atoms with Gasteiger partial charge in [0.2, 0.25) is 5.91 Å². The average Bonchev–Trinajstić information content (AvgIpc) is 3.32. The minimum atomic E-state index is -0.159. The van der Waals surface area contributed by atoms with Crippen LogP contribution in [0.1, 0.15) is 61.4 Å². The average molecular weight is 433 g/mol. The molecule has 32 heavy (non-hydrogen) atoms. The molecule has 5 rings (SSSR count). The van der Waals surface area contributed by atoms with E-state index in [1.807, 2.05) is 30.4 Å². The Morgan fingerprint density at radius 1 is 1.25 bits per heavy atom. The number of carbonyl (C=O) groups is 1. The minimum Gasteiger partial charge on any atom is -0.460 e. The maximum atomic E-state index is 13.0. The molecule has 1 aliphatic rings. The third kappa shape index (κ3) is 3.61. The third-order valence-electron chi connectivity index (χ3n) is 6.36. The standard InChI is InChI=1S/C25H28N4O3/c1-3-23-27-28(25(31)21-15-22-20(29(21)23)14-16(2)32-22)13-7-12-24(30)26-19-11-6-9-17-8-4-5-10-18(17)19/h4-5,8,10,14-15,19H,3,6-7,9,11-13H2,1-2H3,(H,26,30)/t19-/m0/s1. The first-order valence-corrected chi connectivity index (χ1v) is 11.4. The number of hydrogen-bond donors (Lipinski definition) is 1. The Kier molecular flexibility index (Phi) is 5.33. The van der Waals surface area contributed by atoms with Crippen LogP contribution in [-0.2, 0) is 24.2 Å².